The molecule has 26 heavy (non-hydrogen) atoms. The Morgan fingerprint density at radius 2 is 1.12 bits per heavy atom. The Balaban J connectivity index is 3.60. The lowest BCUT2D eigenvalue weighted by Gasteiger charge is -2.38. The van der Waals surface area contributed by atoms with E-state index >= 15 is 0 Å². The molecule has 0 saturated carbocycles. The van der Waals surface area contributed by atoms with E-state index in [-0.39, 0.29) is 22.6 Å². The Morgan fingerprint density at radius 3 is 1.46 bits per heavy atom. The van der Waals surface area contributed by atoms with Crippen molar-refractivity contribution in [1.29, 1.82) is 0 Å². The summed E-state index contributed by atoms with van der Waals surface area (Å²) in [5.74, 6) is -28.0. The first-order valence-electron chi connectivity index (χ1n) is 5.49. The Kier molecular flexibility index (Phi) is 5.62. The lowest BCUT2D eigenvalue weighted by molar-refractivity contribution is -0.301. The van der Waals surface area contributed by atoms with Gasteiger partial charge in [-0.05, 0) is 22.6 Å². The summed E-state index contributed by atoms with van der Waals surface area (Å²) >= 11 is 0.173. The zero-order valence-corrected chi connectivity index (χ0v) is 13.3. The average Bonchev–Trinajstić information content (AvgIpc) is 2.48. The topological polar surface area (TPSA) is 52.6 Å². The fourth-order valence-corrected chi connectivity index (χ4v) is 2.04. The van der Waals surface area contributed by atoms with Gasteiger partial charge in [0.25, 0.3) is 0 Å². The molecule has 1 aliphatic carbocycles. The van der Waals surface area contributed by atoms with Crippen LogP contribution in [-0.4, -0.2) is 36.0 Å². The van der Waals surface area contributed by atoms with Crippen molar-refractivity contribution >= 4 is 34.5 Å². The van der Waals surface area contributed by atoms with Crippen LogP contribution in [0.1, 0.15) is 0 Å². The number of hydrogen-bond donors (Lipinski definition) is 0. The van der Waals surface area contributed by atoms with Crippen LogP contribution in [0.15, 0.2) is 21.1 Å². The molecule has 0 amide bonds. The molecule has 1 aliphatic rings. The van der Waals surface area contributed by atoms with Gasteiger partial charge in [-0.25, -0.2) is 22.8 Å². The highest BCUT2D eigenvalue weighted by atomic mass is 127. The molecule has 0 aromatic heterocycles. The number of hydrogen-bond acceptors (Lipinski definition) is 4. The highest BCUT2D eigenvalue weighted by Crippen LogP contribution is 2.55. The Labute approximate surface area is 147 Å². The Bertz CT molecular complexity index is 649. The zero-order chi connectivity index (χ0) is 20.9. The van der Waals surface area contributed by atoms with E-state index in [9.17, 15) is 57.9 Å². The van der Waals surface area contributed by atoms with Crippen LogP contribution < -0.4 is 0 Å². The molecule has 16 heteroatoms. The number of rotatable bonds is 2. The van der Waals surface area contributed by atoms with Gasteiger partial charge in [-0.15, -0.1) is 0 Å². The molecule has 0 aromatic rings. The maximum Gasteiger partial charge on any atom is 0.491 e. The number of carbonyl (C=O) groups excluding carboxylic acids is 2. The molecule has 148 valence electrons. The van der Waals surface area contributed by atoms with E-state index in [1.807, 2.05) is 0 Å². The van der Waals surface area contributed by atoms with E-state index in [0.29, 0.717) is 0 Å². The first-order valence-corrected chi connectivity index (χ1v) is 6.57. The maximum absolute atomic E-state index is 14.5. The molecular formula is C10F11IO4. The predicted molar refractivity (Wildman–Crippen MR) is 63.4 cm³/mol. The number of ether oxygens (including phenoxy) is 2. The van der Waals surface area contributed by atoms with Crippen molar-refractivity contribution in [3.05, 3.63) is 21.1 Å². The van der Waals surface area contributed by atoms with Gasteiger partial charge < -0.3 is 9.47 Å². The van der Waals surface area contributed by atoms with E-state index in [0.717, 1.165) is 0 Å². The molecule has 0 N–H and O–H groups in total. The molecule has 0 radical (unpaired) electrons. The second kappa shape index (κ2) is 6.52. The maximum atomic E-state index is 14.5. The van der Waals surface area contributed by atoms with Gasteiger partial charge in [0.1, 0.15) is 3.58 Å². The predicted octanol–water partition coefficient (Wildman–Crippen LogP) is 4.31. The minimum absolute atomic E-state index is 0.173. The molecule has 0 spiro atoms. The van der Waals surface area contributed by atoms with E-state index in [1.165, 1.54) is 0 Å². The molecule has 2 atom stereocenters. The van der Waals surface area contributed by atoms with Crippen molar-refractivity contribution < 1.29 is 67.4 Å². The number of allylic oxidation sites excluding steroid dienone is 2. The number of esters is 2. The fraction of sp³-hybridized carbons (Fsp3) is 0.400. The van der Waals surface area contributed by atoms with Crippen LogP contribution in [0, 0.1) is 0 Å². The van der Waals surface area contributed by atoms with Crippen LogP contribution in [0.3, 0.4) is 0 Å². The third-order valence-corrected chi connectivity index (χ3v) is 3.65. The SMILES string of the molecule is O=C(OC1(F)C(F)=C(F)C(F)=C(I)C1(F)OC(=O)C(F)(F)F)C(F)(F)F. The van der Waals surface area contributed by atoms with Gasteiger partial charge in [0.05, 0.1) is 0 Å². The lowest BCUT2D eigenvalue weighted by atomic mass is 10.00. The largest absolute Gasteiger partial charge is 0.491 e. The molecule has 2 unspecified atom stereocenters. The standard InChI is InChI=1S/C10F11IO4/c11-1-2(12)4(22)8(15,26-6(24)10(19,20)21)7(14,3(1)13)25-5(23)9(16,17)18. The summed E-state index contributed by atoms with van der Waals surface area (Å²) in [6, 6.07) is 0. The molecule has 0 saturated heterocycles. The van der Waals surface area contributed by atoms with Crippen molar-refractivity contribution in [3.63, 3.8) is 0 Å². The van der Waals surface area contributed by atoms with Crippen LogP contribution in [0.25, 0.3) is 0 Å². The van der Waals surface area contributed by atoms with Gasteiger partial charge in [-0.1, -0.05) is 0 Å². The lowest BCUT2D eigenvalue weighted by Crippen LogP contribution is -2.58. The smallest absolute Gasteiger partial charge is 0.410 e. The van der Waals surface area contributed by atoms with E-state index < -0.39 is 57.1 Å². The van der Waals surface area contributed by atoms with E-state index in [2.05, 4.69) is 9.47 Å². The van der Waals surface area contributed by atoms with Crippen LogP contribution in [-0.2, 0) is 19.1 Å². The summed E-state index contributed by atoms with van der Waals surface area (Å²) < 4.78 is 145. The Hall–Kier alpha value is -1.62. The van der Waals surface area contributed by atoms with Gasteiger partial charge in [0.2, 0.25) is 5.83 Å². The average molecular weight is 520 g/mol. The first kappa shape index (κ1) is 22.4. The summed E-state index contributed by atoms with van der Waals surface area (Å²) in [6.45, 7) is 0. The second-order valence-corrected chi connectivity index (χ2v) is 5.30. The van der Waals surface area contributed by atoms with Crippen LogP contribution >= 0.6 is 22.6 Å². The number of carbonyl (C=O) groups is 2. The number of halogens is 12. The molecule has 4 nitrogen and oxygen atoms in total. The van der Waals surface area contributed by atoms with Crippen LogP contribution in [0.5, 0.6) is 0 Å². The quantitative estimate of drug-likeness (QED) is 0.310. The van der Waals surface area contributed by atoms with Crippen molar-refractivity contribution in [1.82, 2.24) is 0 Å². The van der Waals surface area contributed by atoms with E-state index in [4.69, 9.17) is 0 Å². The molecule has 0 aromatic carbocycles. The van der Waals surface area contributed by atoms with Gasteiger partial charge in [0, 0.05) is 0 Å². The first-order chi connectivity index (χ1) is 11.4. The van der Waals surface area contributed by atoms with Crippen molar-refractivity contribution in [2.45, 2.75) is 24.1 Å². The van der Waals surface area contributed by atoms with Gasteiger partial charge in [-0.2, -0.15) is 35.1 Å². The molecular weight excluding hydrogens is 520 g/mol. The minimum atomic E-state index is -6.17. The van der Waals surface area contributed by atoms with Crippen LogP contribution in [0.2, 0.25) is 0 Å². The summed E-state index contributed by atoms with van der Waals surface area (Å²) in [6.07, 6.45) is -12.3. The number of alkyl halides is 8. The van der Waals surface area contributed by atoms with Crippen LogP contribution in [0.4, 0.5) is 48.3 Å². The third kappa shape index (κ3) is 3.59. The second-order valence-electron chi connectivity index (χ2n) is 4.22. The third-order valence-electron chi connectivity index (χ3n) is 2.49. The summed E-state index contributed by atoms with van der Waals surface area (Å²) in [5, 5.41) is 0. The van der Waals surface area contributed by atoms with Crippen molar-refractivity contribution in [2.24, 2.45) is 0 Å². The fourth-order valence-electron chi connectivity index (χ4n) is 1.35. The highest BCUT2D eigenvalue weighted by Gasteiger charge is 2.72. The summed E-state index contributed by atoms with van der Waals surface area (Å²) in [4.78, 5) is 21.3. The molecule has 0 heterocycles. The monoisotopic (exact) mass is 520 g/mol. The molecule has 1 rings (SSSR count). The summed E-state index contributed by atoms with van der Waals surface area (Å²) in [5.41, 5.74) is 0. The normalized spacial score (nSPS) is 27.5. The van der Waals surface area contributed by atoms with Gasteiger partial charge in [-0.3, -0.25) is 0 Å². The van der Waals surface area contributed by atoms with Crippen molar-refractivity contribution in [3.8, 4) is 0 Å². The minimum Gasteiger partial charge on any atom is -0.410 e. The van der Waals surface area contributed by atoms with Gasteiger partial charge >= 0.3 is 36.0 Å². The zero-order valence-electron chi connectivity index (χ0n) is 11.2. The molecule has 0 aliphatic heterocycles. The van der Waals surface area contributed by atoms with Crippen molar-refractivity contribution in [2.75, 3.05) is 0 Å². The summed E-state index contributed by atoms with van der Waals surface area (Å²) in [7, 11) is 0. The highest BCUT2D eigenvalue weighted by molar-refractivity contribution is 14.1. The molecule has 0 fully saturated rings. The molecule has 0 bridgehead atoms. The van der Waals surface area contributed by atoms with E-state index in [1.54, 1.807) is 0 Å². The van der Waals surface area contributed by atoms with Gasteiger partial charge in [0.15, 0.2) is 11.7 Å². The Morgan fingerprint density at radius 1 is 0.769 bits per heavy atom.